The third kappa shape index (κ3) is 3.58. The molecule has 3 aromatic rings. The molecular formula is C24H19N3O6. The van der Waals surface area contributed by atoms with E-state index in [1.165, 1.54) is 40.3 Å². The Kier molecular flexibility index (Phi) is 5.02. The van der Waals surface area contributed by atoms with E-state index in [1.807, 2.05) is 30.3 Å². The lowest BCUT2D eigenvalue weighted by molar-refractivity contribution is -0.384. The van der Waals surface area contributed by atoms with Gasteiger partial charge in [0.15, 0.2) is 6.10 Å². The average molecular weight is 445 g/mol. The summed E-state index contributed by atoms with van der Waals surface area (Å²) in [6, 6.07) is 20.6. The highest BCUT2D eigenvalue weighted by molar-refractivity contribution is 6.07. The Hall–Kier alpha value is -4.24. The van der Waals surface area contributed by atoms with Gasteiger partial charge in [-0.3, -0.25) is 29.4 Å². The van der Waals surface area contributed by atoms with Crippen LogP contribution in [0.15, 0.2) is 78.9 Å². The van der Waals surface area contributed by atoms with E-state index in [2.05, 4.69) is 0 Å². The Morgan fingerprint density at radius 1 is 0.939 bits per heavy atom. The van der Waals surface area contributed by atoms with E-state index in [1.54, 1.807) is 18.2 Å². The Balaban J connectivity index is 1.54. The molecule has 2 amide bonds. The third-order valence-corrected chi connectivity index (χ3v) is 5.92. The number of fused-ring (bicyclic) bond motifs is 1. The van der Waals surface area contributed by atoms with Crippen molar-refractivity contribution in [2.45, 2.75) is 18.7 Å². The van der Waals surface area contributed by atoms with Crippen molar-refractivity contribution in [3.63, 3.8) is 0 Å². The van der Waals surface area contributed by atoms with Gasteiger partial charge in [0.1, 0.15) is 11.7 Å². The molecule has 0 aromatic heterocycles. The minimum atomic E-state index is -1.06. The molecule has 5 rings (SSSR count). The van der Waals surface area contributed by atoms with Crippen molar-refractivity contribution in [2.24, 2.45) is 5.92 Å². The molecule has 3 atom stereocenters. The summed E-state index contributed by atoms with van der Waals surface area (Å²) in [4.78, 5) is 44.6. The van der Waals surface area contributed by atoms with Gasteiger partial charge in [-0.25, -0.2) is 5.06 Å². The fourth-order valence-electron chi connectivity index (χ4n) is 4.37. The Morgan fingerprint density at radius 3 is 2.36 bits per heavy atom. The number of likely N-dealkylation sites (tertiary alicyclic amines) is 1. The second-order valence-corrected chi connectivity index (χ2v) is 7.94. The molecule has 3 aromatic carbocycles. The number of hydrogen-bond acceptors (Lipinski definition) is 7. The number of nitro benzene ring substituents is 1. The van der Waals surface area contributed by atoms with Crippen molar-refractivity contribution < 1.29 is 24.5 Å². The number of hydroxylamine groups is 1. The first-order valence-corrected chi connectivity index (χ1v) is 10.3. The lowest BCUT2D eigenvalue weighted by Gasteiger charge is -2.28. The first kappa shape index (κ1) is 20.7. The SMILES string of the molecule is O=C1[C@@H]2[C@H](ON(c3cccc([N+](=O)[O-])c3)[C@H]2c2ccc(O)cc2)C(=O)N1Cc1ccccc1. The zero-order valence-electron chi connectivity index (χ0n) is 17.3. The van der Waals surface area contributed by atoms with Crippen LogP contribution in [-0.2, 0) is 21.0 Å². The number of aromatic hydroxyl groups is 1. The van der Waals surface area contributed by atoms with E-state index in [9.17, 15) is 24.8 Å². The normalized spacial score (nSPS) is 22.0. The fourth-order valence-corrected chi connectivity index (χ4v) is 4.37. The van der Waals surface area contributed by atoms with Crippen LogP contribution in [0.1, 0.15) is 17.2 Å². The van der Waals surface area contributed by atoms with Gasteiger partial charge in [0.25, 0.3) is 11.6 Å². The molecule has 0 unspecified atom stereocenters. The van der Waals surface area contributed by atoms with Crippen molar-refractivity contribution in [2.75, 3.05) is 5.06 Å². The number of phenolic OH excluding ortho intramolecular Hbond substituents is 1. The maximum atomic E-state index is 13.4. The number of imide groups is 1. The largest absolute Gasteiger partial charge is 0.508 e. The van der Waals surface area contributed by atoms with Crippen LogP contribution in [0.25, 0.3) is 0 Å². The van der Waals surface area contributed by atoms with Gasteiger partial charge in [0, 0.05) is 12.1 Å². The van der Waals surface area contributed by atoms with Gasteiger partial charge in [-0.15, -0.1) is 0 Å². The van der Waals surface area contributed by atoms with Crippen LogP contribution in [0.3, 0.4) is 0 Å². The Bertz CT molecular complexity index is 1230. The molecule has 1 N–H and O–H groups in total. The van der Waals surface area contributed by atoms with Crippen molar-refractivity contribution in [3.8, 4) is 5.75 Å². The predicted molar refractivity (Wildman–Crippen MR) is 117 cm³/mol. The van der Waals surface area contributed by atoms with Gasteiger partial charge in [0.05, 0.1) is 23.2 Å². The highest BCUT2D eigenvalue weighted by atomic mass is 16.7. The number of non-ortho nitro benzene ring substituents is 1. The molecule has 9 nitrogen and oxygen atoms in total. The average Bonchev–Trinajstić information content (AvgIpc) is 3.32. The number of carbonyl (C=O) groups is 2. The lowest BCUT2D eigenvalue weighted by Crippen LogP contribution is -2.36. The van der Waals surface area contributed by atoms with E-state index in [-0.39, 0.29) is 23.9 Å². The number of rotatable bonds is 5. The molecule has 0 radical (unpaired) electrons. The molecule has 33 heavy (non-hydrogen) atoms. The summed E-state index contributed by atoms with van der Waals surface area (Å²) in [5.41, 5.74) is 1.67. The van der Waals surface area contributed by atoms with Crippen LogP contribution in [-0.4, -0.2) is 32.8 Å². The second kappa shape index (κ2) is 8.03. The molecule has 2 aliphatic rings. The van der Waals surface area contributed by atoms with Crippen molar-refractivity contribution in [3.05, 3.63) is 100 Å². The van der Waals surface area contributed by atoms with Crippen LogP contribution < -0.4 is 5.06 Å². The molecule has 2 saturated heterocycles. The minimum Gasteiger partial charge on any atom is -0.508 e. The number of phenols is 1. The van der Waals surface area contributed by atoms with Gasteiger partial charge in [-0.05, 0) is 29.3 Å². The number of anilines is 1. The molecule has 0 bridgehead atoms. The third-order valence-electron chi connectivity index (χ3n) is 5.92. The molecule has 2 heterocycles. The fraction of sp³-hybridized carbons (Fsp3) is 0.167. The molecular weight excluding hydrogens is 426 g/mol. The highest BCUT2D eigenvalue weighted by Crippen LogP contribution is 2.47. The summed E-state index contributed by atoms with van der Waals surface area (Å²) < 4.78 is 0. The molecule has 0 saturated carbocycles. The van der Waals surface area contributed by atoms with Crippen molar-refractivity contribution in [1.82, 2.24) is 4.90 Å². The van der Waals surface area contributed by atoms with Crippen LogP contribution in [0.4, 0.5) is 11.4 Å². The van der Waals surface area contributed by atoms with Gasteiger partial charge in [-0.2, -0.15) is 0 Å². The van der Waals surface area contributed by atoms with E-state index < -0.39 is 28.9 Å². The Labute approximate surface area is 188 Å². The molecule has 166 valence electrons. The molecule has 2 fully saturated rings. The summed E-state index contributed by atoms with van der Waals surface area (Å²) in [7, 11) is 0. The predicted octanol–water partition coefficient (Wildman–Crippen LogP) is 3.35. The van der Waals surface area contributed by atoms with E-state index in [0.29, 0.717) is 11.3 Å². The lowest BCUT2D eigenvalue weighted by atomic mass is 9.90. The number of carbonyl (C=O) groups excluding carboxylic acids is 2. The zero-order valence-corrected chi connectivity index (χ0v) is 17.3. The van der Waals surface area contributed by atoms with Crippen LogP contribution in [0.2, 0.25) is 0 Å². The van der Waals surface area contributed by atoms with Gasteiger partial charge < -0.3 is 5.11 Å². The topological polar surface area (TPSA) is 113 Å². The first-order chi connectivity index (χ1) is 15.9. The van der Waals surface area contributed by atoms with Gasteiger partial charge in [-0.1, -0.05) is 48.5 Å². The maximum Gasteiger partial charge on any atom is 0.271 e. The monoisotopic (exact) mass is 445 g/mol. The van der Waals surface area contributed by atoms with Crippen LogP contribution >= 0.6 is 0 Å². The number of nitrogens with zero attached hydrogens (tertiary/aromatic N) is 3. The smallest absolute Gasteiger partial charge is 0.271 e. The summed E-state index contributed by atoms with van der Waals surface area (Å²) in [6.45, 7) is 0.133. The summed E-state index contributed by atoms with van der Waals surface area (Å²) in [6.07, 6.45) is -1.06. The molecule has 2 aliphatic heterocycles. The molecule has 0 aliphatic carbocycles. The minimum absolute atomic E-state index is 0.0515. The number of amides is 2. The summed E-state index contributed by atoms with van der Waals surface area (Å²) in [5, 5.41) is 22.4. The van der Waals surface area contributed by atoms with Crippen LogP contribution in [0, 0.1) is 16.0 Å². The van der Waals surface area contributed by atoms with E-state index in [0.717, 1.165) is 5.56 Å². The summed E-state index contributed by atoms with van der Waals surface area (Å²) in [5.74, 6) is -1.62. The van der Waals surface area contributed by atoms with E-state index in [4.69, 9.17) is 4.84 Å². The van der Waals surface area contributed by atoms with Crippen molar-refractivity contribution in [1.29, 1.82) is 0 Å². The van der Waals surface area contributed by atoms with E-state index >= 15 is 0 Å². The number of benzene rings is 3. The summed E-state index contributed by atoms with van der Waals surface area (Å²) >= 11 is 0. The highest BCUT2D eigenvalue weighted by Gasteiger charge is 2.59. The number of nitro groups is 1. The standard InChI is InChI=1S/C24H19N3O6/c28-19-11-9-16(10-12-19)21-20-22(33-26(21)17-7-4-8-18(13-17)27(31)32)24(30)25(23(20)29)14-15-5-2-1-3-6-15/h1-13,20-22,28H,14H2/t20-,21-,22-/m0/s1. The van der Waals surface area contributed by atoms with Gasteiger partial charge in [0.2, 0.25) is 5.91 Å². The molecule has 9 heteroatoms. The second-order valence-electron chi connectivity index (χ2n) is 7.94. The first-order valence-electron chi connectivity index (χ1n) is 10.3. The molecule has 0 spiro atoms. The Morgan fingerprint density at radius 2 is 1.67 bits per heavy atom. The van der Waals surface area contributed by atoms with Crippen molar-refractivity contribution >= 4 is 23.2 Å². The quantitative estimate of drug-likeness (QED) is 0.364. The number of hydrogen-bond donors (Lipinski definition) is 1. The van der Waals surface area contributed by atoms with Gasteiger partial charge >= 0.3 is 0 Å². The zero-order chi connectivity index (χ0) is 23.1. The van der Waals surface area contributed by atoms with Crippen LogP contribution in [0.5, 0.6) is 5.75 Å². The maximum absolute atomic E-state index is 13.4.